The number of nitrogens with one attached hydrogen (secondary N) is 1. The number of rotatable bonds is 8. The molecule has 0 aliphatic rings. The minimum atomic E-state index is -4.71. The first-order valence-corrected chi connectivity index (χ1v) is 8.58. The maximum Gasteiger partial charge on any atom is 0.573 e. The van der Waals surface area contributed by atoms with Crippen LogP contribution in [0.4, 0.5) is 13.2 Å². The van der Waals surface area contributed by atoms with Crippen LogP contribution in [0.1, 0.15) is 29.8 Å². The highest BCUT2D eigenvalue weighted by Crippen LogP contribution is 2.24. The summed E-state index contributed by atoms with van der Waals surface area (Å²) in [6.07, 6.45) is -4.10. The number of amides is 1. The molecule has 0 bridgehead atoms. The number of ether oxygens (including phenoxy) is 2. The zero-order valence-corrected chi connectivity index (χ0v) is 15.2. The van der Waals surface area contributed by atoms with Gasteiger partial charge in [0.25, 0.3) is 5.91 Å². The van der Waals surface area contributed by atoms with Crippen LogP contribution in [0.3, 0.4) is 0 Å². The van der Waals surface area contributed by atoms with E-state index in [1.807, 2.05) is 26.0 Å². The summed E-state index contributed by atoms with van der Waals surface area (Å²) in [4.78, 5) is 12.0. The molecule has 1 N–H and O–H groups in total. The van der Waals surface area contributed by atoms with E-state index < -0.39 is 6.36 Å². The average molecular weight is 381 g/mol. The lowest BCUT2D eigenvalue weighted by Gasteiger charge is -2.10. The van der Waals surface area contributed by atoms with Gasteiger partial charge in [0, 0.05) is 18.5 Å². The van der Waals surface area contributed by atoms with E-state index in [4.69, 9.17) is 4.74 Å². The SMILES string of the molecule is CC(C)CNC(=O)c1ccc(CCOc2ccc(OC(F)(F)F)cc2)cc1. The molecule has 0 radical (unpaired) electrons. The minimum absolute atomic E-state index is 0.104. The number of alkyl halides is 3. The van der Waals surface area contributed by atoms with E-state index in [0.717, 1.165) is 5.56 Å². The van der Waals surface area contributed by atoms with Crippen LogP contribution in [-0.2, 0) is 6.42 Å². The molecule has 1 amide bonds. The van der Waals surface area contributed by atoms with Crippen molar-refractivity contribution >= 4 is 5.91 Å². The van der Waals surface area contributed by atoms with Crippen molar-refractivity contribution in [3.63, 3.8) is 0 Å². The van der Waals surface area contributed by atoms with Crippen LogP contribution in [0.15, 0.2) is 48.5 Å². The zero-order chi connectivity index (χ0) is 19.9. The molecular weight excluding hydrogens is 359 g/mol. The third-order valence-electron chi connectivity index (χ3n) is 3.60. The van der Waals surface area contributed by atoms with Crippen LogP contribution in [0.25, 0.3) is 0 Å². The van der Waals surface area contributed by atoms with E-state index in [1.54, 1.807) is 12.1 Å². The molecule has 0 aromatic heterocycles. The van der Waals surface area contributed by atoms with Crippen molar-refractivity contribution in [3.05, 3.63) is 59.7 Å². The smallest absolute Gasteiger partial charge is 0.493 e. The van der Waals surface area contributed by atoms with Crippen molar-refractivity contribution in [1.29, 1.82) is 0 Å². The number of carbonyl (C=O) groups is 1. The average Bonchev–Trinajstić information content (AvgIpc) is 2.60. The monoisotopic (exact) mass is 381 g/mol. The van der Waals surface area contributed by atoms with Crippen LogP contribution in [0, 0.1) is 5.92 Å². The molecule has 146 valence electrons. The quantitative estimate of drug-likeness (QED) is 0.727. The van der Waals surface area contributed by atoms with Crippen LogP contribution in [0.5, 0.6) is 11.5 Å². The Bertz CT molecular complexity index is 726. The third kappa shape index (κ3) is 7.60. The Balaban J connectivity index is 1.79. The Morgan fingerprint density at radius 3 is 2.15 bits per heavy atom. The molecule has 0 saturated carbocycles. The van der Waals surface area contributed by atoms with Gasteiger partial charge in [-0.25, -0.2) is 0 Å². The third-order valence-corrected chi connectivity index (χ3v) is 3.60. The first kappa shape index (κ1) is 20.6. The molecule has 0 aliphatic heterocycles. The van der Waals surface area contributed by atoms with Gasteiger partial charge in [0.2, 0.25) is 0 Å². The lowest BCUT2D eigenvalue weighted by atomic mass is 10.1. The first-order valence-electron chi connectivity index (χ1n) is 8.58. The predicted molar refractivity (Wildman–Crippen MR) is 95.9 cm³/mol. The Hall–Kier alpha value is -2.70. The van der Waals surface area contributed by atoms with Gasteiger partial charge in [0.05, 0.1) is 6.61 Å². The topological polar surface area (TPSA) is 47.6 Å². The minimum Gasteiger partial charge on any atom is -0.493 e. The van der Waals surface area contributed by atoms with Gasteiger partial charge in [-0.1, -0.05) is 26.0 Å². The summed E-state index contributed by atoms with van der Waals surface area (Å²) in [7, 11) is 0. The second-order valence-corrected chi connectivity index (χ2v) is 6.42. The van der Waals surface area contributed by atoms with Gasteiger partial charge in [0.1, 0.15) is 11.5 Å². The van der Waals surface area contributed by atoms with Crippen molar-refractivity contribution in [3.8, 4) is 11.5 Å². The van der Waals surface area contributed by atoms with Gasteiger partial charge in [0.15, 0.2) is 0 Å². The van der Waals surface area contributed by atoms with Gasteiger partial charge >= 0.3 is 6.36 Å². The van der Waals surface area contributed by atoms with Gasteiger partial charge in [-0.2, -0.15) is 0 Å². The molecule has 4 nitrogen and oxygen atoms in total. The van der Waals surface area contributed by atoms with Crippen molar-refractivity contribution in [2.45, 2.75) is 26.6 Å². The highest BCUT2D eigenvalue weighted by Gasteiger charge is 2.30. The summed E-state index contributed by atoms with van der Waals surface area (Å²) in [6, 6.07) is 12.5. The highest BCUT2D eigenvalue weighted by molar-refractivity contribution is 5.94. The van der Waals surface area contributed by atoms with E-state index in [-0.39, 0.29) is 11.7 Å². The molecule has 0 spiro atoms. The summed E-state index contributed by atoms with van der Waals surface area (Å²) in [5.41, 5.74) is 1.59. The molecule has 0 atom stereocenters. The Labute approximate surface area is 156 Å². The van der Waals surface area contributed by atoms with Gasteiger partial charge in [-0.15, -0.1) is 13.2 Å². The normalized spacial score (nSPS) is 11.3. The summed E-state index contributed by atoms with van der Waals surface area (Å²) in [6.45, 7) is 5.04. The van der Waals surface area contributed by atoms with E-state index in [1.165, 1.54) is 24.3 Å². The number of halogens is 3. The van der Waals surface area contributed by atoms with Crippen molar-refractivity contribution in [2.75, 3.05) is 13.2 Å². The first-order chi connectivity index (χ1) is 12.7. The van der Waals surface area contributed by atoms with Crippen LogP contribution in [-0.4, -0.2) is 25.4 Å². The van der Waals surface area contributed by atoms with Crippen molar-refractivity contribution in [2.24, 2.45) is 5.92 Å². The lowest BCUT2D eigenvalue weighted by Crippen LogP contribution is -2.27. The molecule has 0 fully saturated rings. The fraction of sp³-hybridized carbons (Fsp3) is 0.350. The molecule has 0 unspecified atom stereocenters. The fourth-order valence-corrected chi connectivity index (χ4v) is 2.25. The lowest BCUT2D eigenvalue weighted by molar-refractivity contribution is -0.274. The second-order valence-electron chi connectivity index (χ2n) is 6.42. The molecule has 2 rings (SSSR count). The molecule has 7 heteroatoms. The van der Waals surface area contributed by atoms with E-state index in [0.29, 0.717) is 36.8 Å². The Kier molecular flexibility index (Phi) is 7.10. The highest BCUT2D eigenvalue weighted by atomic mass is 19.4. The zero-order valence-electron chi connectivity index (χ0n) is 15.2. The van der Waals surface area contributed by atoms with Gasteiger partial charge in [-0.3, -0.25) is 4.79 Å². The summed E-state index contributed by atoms with van der Waals surface area (Å²) in [5, 5.41) is 2.86. The number of hydrogen-bond donors (Lipinski definition) is 1. The number of carbonyl (C=O) groups excluding carboxylic acids is 1. The summed E-state index contributed by atoms with van der Waals surface area (Å²) < 4.78 is 45.7. The van der Waals surface area contributed by atoms with Crippen molar-refractivity contribution < 1.29 is 27.4 Å². The Morgan fingerprint density at radius 1 is 1.00 bits per heavy atom. The van der Waals surface area contributed by atoms with Crippen LogP contribution in [0.2, 0.25) is 0 Å². The Morgan fingerprint density at radius 2 is 1.59 bits per heavy atom. The molecular formula is C20H22F3NO3. The number of hydrogen-bond acceptors (Lipinski definition) is 3. The fourth-order valence-electron chi connectivity index (χ4n) is 2.25. The predicted octanol–water partition coefficient (Wildman–Crippen LogP) is 4.59. The summed E-state index contributed by atoms with van der Waals surface area (Å²) in [5.74, 6) is 0.447. The summed E-state index contributed by atoms with van der Waals surface area (Å²) >= 11 is 0. The molecule has 0 saturated heterocycles. The van der Waals surface area contributed by atoms with Gasteiger partial charge < -0.3 is 14.8 Å². The number of benzene rings is 2. The van der Waals surface area contributed by atoms with E-state index in [9.17, 15) is 18.0 Å². The van der Waals surface area contributed by atoms with E-state index >= 15 is 0 Å². The largest absolute Gasteiger partial charge is 0.573 e. The van der Waals surface area contributed by atoms with Crippen molar-refractivity contribution in [1.82, 2.24) is 5.32 Å². The molecule has 0 heterocycles. The maximum absolute atomic E-state index is 12.1. The second kappa shape index (κ2) is 9.30. The standard InChI is InChI=1S/C20H22F3NO3/c1-14(2)13-24-19(25)16-5-3-15(4-6-16)11-12-26-17-7-9-18(10-8-17)27-20(21,22)23/h3-10,14H,11-13H2,1-2H3,(H,24,25). The van der Waals surface area contributed by atoms with Crippen LogP contribution < -0.4 is 14.8 Å². The van der Waals surface area contributed by atoms with E-state index in [2.05, 4.69) is 10.1 Å². The molecule has 2 aromatic rings. The molecule has 27 heavy (non-hydrogen) atoms. The molecule has 2 aromatic carbocycles. The van der Waals surface area contributed by atoms with Crippen LogP contribution >= 0.6 is 0 Å². The van der Waals surface area contributed by atoms with Gasteiger partial charge in [-0.05, 0) is 47.9 Å². The maximum atomic E-state index is 12.1. The molecule has 0 aliphatic carbocycles.